The van der Waals surface area contributed by atoms with E-state index in [4.69, 9.17) is 11.6 Å². The van der Waals surface area contributed by atoms with Gasteiger partial charge in [-0.2, -0.15) is 0 Å². The fourth-order valence-electron chi connectivity index (χ4n) is 2.93. The van der Waals surface area contributed by atoms with Crippen LogP contribution in [0.2, 0.25) is 5.02 Å². The predicted octanol–water partition coefficient (Wildman–Crippen LogP) is 4.47. The highest BCUT2D eigenvalue weighted by Gasteiger charge is 2.17. The largest absolute Gasteiger partial charge is 0.348 e. The lowest BCUT2D eigenvalue weighted by molar-refractivity contribution is 0.0928. The second-order valence-electron chi connectivity index (χ2n) is 6.18. The molecule has 1 aromatic carbocycles. The molecule has 0 bridgehead atoms. The fourth-order valence-corrected chi connectivity index (χ4v) is 3.11. The number of nitrogens with one attached hydrogen (secondary N) is 2. The topological polar surface area (TPSA) is 66.9 Å². The minimum Gasteiger partial charge on any atom is -0.348 e. The molecule has 1 saturated carbocycles. The molecule has 0 atom stereocenters. The van der Waals surface area contributed by atoms with E-state index in [9.17, 15) is 9.18 Å². The van der Waals surface area contributed by atoms with Crippen molar-refractivity contribution in [1.82, 2.24) is 15.3 Å². The van der Waals surface area contributed by atoms with E-state index >= 15 is 0 Å². The van der Waals surface area contributed by atoms with Crippen molar-refractivity contribution in [3.63, 3.8) is 0 Å². The first-order chi connectivity index (χ1) is 12.1. The molecule has 1 aromatic heterocycles. The van der Waals surface area contributed by atoms with E-state index < -0.39 is 5.82 Å². The summed E-state index contributed by atoms with van der Waals surface area (Å²) in [5, 5.41) is 5.99. The summed E-state index contributed by atoms with van der Waals surface area (Å²) in [4.78, 5) is 20.8. The van der Waals surface area contributed by atoms with E-state index in [0.717, 1.165) is 25.7 Å². The van der Waals surface area contributed by atoms with Gasteiger partial charge in [0.1, 0.15) is 11.5 Å². The van der Waals surface area contributed by atoms with Crippen LogP contribution >= 0.6 is 11.6 Å². The van der Waals surface area contributed by atoms with E-state index in [1.807, 2.05) is 0 Å². The minimum atomic E-state index is -0.496. The summed E-state index contributed by atoms with van der Waals surface area (Å²) >= 11 is 5.76. The Kier molecular flexibility index (Phi) is 5.81. The van der Waals surface area contributed by atoms with Gasteiger partial charge in [-0.1, -0.05) is 37.3 Å². The molecule has 0 spiro atoms. The summed E-state index contributed by atoms with van der Waals surface area (Å²) in [6, 6.07) is 6.01. The summed E-state index contributed by atoms with van der Waals surface area (Å²) in [5.41, 5.74) is 0.850. The third kappa shape index (κ3) is 4.89. The van der Waals surface area contributed by atoms with Gasteiger partial charge in [0.2, 0.25) is 5.95 Å². The molecule has 0 saturated heterocycles. The minimum absolute atomic E-state index is 0.00672. The summed E-state index contributed by atoms with van der Waals surface area (Å²) in [5.74, 6) is -0.435. The lowest BCUT2D eigenvalue weighted by atomic mass is 10.1. The number of aromatic nitrogens is 2. The lowest BCUT2D eigenvalue weighted by Gasteiger charge is -2.16. The number of halogens is 2. The van der Waals surface area contributed by atoms with Gasteiger partial charge in [0.25, 0.3) is 5.91 Å². The number of nitrogens with zero attached hydrogens (tertiary/aromatic N) is 2. The first-order valence-corrected chi connectivity index (χ1v) is 8.85. The molecule has 1 aliphatic carbocycles. The Balaban J connectivity index is 1.67. The second-order valence-corrected chi connectivity index (χ2v) is 6.59. The van der Waals surface area contributed by atoms with Crippen molar-refractivity contribution < 1.29 is 9.18 Å². The number of carbonyl (C=O) groups is 1. The van der Waals surface area contributed by atoms with Crippen LogP contribution in [0.4, 0.5) is 16.0 Å². The van der Waals surface area contributed by atoms with Crippen LogP contribution in [0.25, 0.3) is 0 Å². The maximum absolute atomic E-state index is 13.2. The van der Waals surface area contributed by atoms with Gasteiger partial charge in [-0.15, -0.1) is 0 Å². The monoisotopic (exact) mass is 362 g/mol. The Hall–Kier alpha value is -2.21. The molecule has 7 heteroatoms. The van der Waals surface area contributed by atoms with Crippen molar-refractivity contribution in [2.45, 2.75) is 44.6 Å². The van der Waals surface area contributed by atoms with Crippen LogP contribution < -0.4 is 10.6 Å². The molecule has 0 aliphatic heterocycles. The SMILES string of the molecule is O=C(NC1CCCCCC1)c1ccnc(Nc2ccc(F)c(Cl)c2)n1. The van der Waals surface area contributed by atoms with Gasteiger partial charge in [0, 0.05) is 17.9 Å². The van der Waals surface area contributed by atoms with Gasteiger partial charge in [-0.25, -0.2) is 14.4 Å². The highest BCUT2D eigenvalue weighted by molar-refractivity contribution is 6.31. The van der Waals surface area contributed by atoms with Crippen molar-refractivity contribution in [1.29, 1.82) is 0 Å². The van der Waals surface area contributed by atoms with Crippen LogP contribution in [0.1, 0.15) is 49.0 Å². The molecule has 1 aliphatic rings. The molecule has 5 nitrogen and oxygen atoms in total. The molecule has 2 N–H and O–H groups in total. The van der Waals surface area contributed by atoms with E-state index in [0.29, 0.717) is 11.4 Å². The van der Waals surface area contributed by atoms with Crippen LogP contribution in [-0.4, -0.2) is 21.9 Å². The van der Waals surface area contributed by atoms with Crippen molar-refractivity contribution in [3.05, 3.63) is 47.0 Å². The molecular formula is C18H20ClFN4O. The first-order valence-electron chi connectivity index (χ1n) is 8.48. The zero-order chi connectivity index (χ0) is 17.6. The Labute approximate surface area is 151 Å². The molecule has 3 rings (SSSR count). The smallest absolute Gasteiger partial charge is 0.270 e. The first kappa shape index (κ1) is 17.6. The standard InChI is InChI=1S/C18H20ClFN4O/c19-14-11-13(7-8-15(14)20)23-18-21-10-9-16(24-18)17(25)22-12-5-3-1-2-4-6-12/h7-12H,1-6H2,(H,22,25)(H,21,23,24). The second kappa shape index (κ2) is 8.25. The van der Waals surface area contributed by atoms with E-state index in [1.54, 1.807) is 6.07 Å². The summed E-state index contributed by atoms with van der Waals surface area (Å²) in [6.45, 7) is 0. The molecular weight excluding hydrogens is 343 g/mol. The van der Waals surface area contributed by atoms with Gasteiger partial charge >= 0.3 is 0 Å². The van der Waals surface area contributed by atoms with Crippen LogP contribution in [-0.2, 0) is 0 Å². The molecule has 0 radical (unpaired) electrons. The number of anilines is 2. The Morgan fingerprint density at radius 1 is 1.16 bits per heavy atom. The lowest BCUT2D eigenvalue weighted by Crippen LogP contribution is -2.35. The molecule has 1 fully saturated rings. The maximum atomic E-state index is 13.2. The summed E-state index contributed by atoms with van der Waals surface area (Å²) in [6.07, 6.45) is 8.29. The third-order valence-electron chi connectivity index (χ3n) is 4.25. The highest BCUT2D eigenvalue weighted by atomic mass is 35.5. The third-order valence-corrected chi connectivity index (χ3v) is 4.54. The van der Waals surface area contributed by atoms with E-state index in [1.165, 1.54) is 37.2 Å². The van der Waals surface area contributed by atoms with Gasteiger partial charge < -0.3 is 10.6 Å². The Morgan fingerprint density at radius 3 is 2.64 bits per heavy atom. The maximum Gasteiger partial charge on any atom is 0.270 e. The highest BCUT2D eigenvalue weighted by Crippen LogP contribution is 2.21. The summed E-state index contributed by atoms with van der Waals surface area (Å²) in [7, 11) is 0. The van der Waals surface area contributed by atoms with Crippen molar-refractivity contribution >= 4 is 29.1 Å². The number of rotatable bonds is 4. The van der Waals surface area contributed by atoms with E-state index in [2.05, 4.69) is 20.6 Å². The van der Waals surface area contributed by atoms with Crippen LogP contribution in [0.5, 0.6) is 0 Å². The zero-order valence-corrected chi connectivity index (χ0v) is 14.5. The number of hydrogen-bond donors (Lipinski definition) is 2. The molecule has 25 heavy (non-hydrogen) atoms. The van der Waals surface area contributed by atoms with Gasteiger partial charge in [0.15, 0.2) is 0 Å². The van der Waals surface area contributed by atoms with Gasteiger partial charge in [0.05, 0.1) is 5.02 Å². The molecule has 1 heterocycles. The van der Waals surface area contributed by atoms with Crippen molar-refractivity contribution in [2.75, 3.05) is 5.32 Å². The molecule has 0 unspecified atom stereocenters. The summed E-state index contributed by atoms with van der Waals surface area (Å²) < 4.78 is 13.2. The van der Waals surface area contributed by atoms with Crippen LogP contribution in [0, 0.1) is 5.82 Å². The number of hydrogen-bond acceptors (Lipinski definition) is 4. The average molecular weight is 363 g/mol. The molecule has 2 aromatic rings. The quantitative estimate of drug-likeness (QED) is 0.788. The van der Waals surface area contributed by atoms with Crippen molar-refractivity contribution in [3.8, 4) is 0 Å². The fraction of sp³-hybridized carbons (Fsp3) is 0.389. The number of benzene rings is 1. The zero-order valence-electron chi connectivity index (χ0n) is 13.8. The van der Waals surface area contributed by atoms with E-state index in [-0.39, 0.29) is 22.9 Å². The number of carbonyl (C=O) groups excluding carboxylic acids is 1. The molecule has 1 amide bonds. The Morgan fingerprint density at radius 2 is 1.92 bits per heavy atom. The normalized spacial score (nSPS) is 15.4. The van der Waals surface area contributed by atoms with Crippen LogP contribution in [0.15, 0.2) is 30.5 Å². The average Bonchev–Trinajstić information content (AvgIpc) is 2.87. The van der Waals surface area contributed by atoms with Crippen LogP contribution in [0.3, 0.4) is 0 Å². The van der Waals surface area contributed by atoms with Crippen molar-refractivity contribution in [2.24, 2.45) is 0 Å². The predicted molar refractivity (Wildman–Crippen MR) is 95.7 cm³/mol. The Bertz CT molecular complexity index is 748. The van der Waals surface area contributed by atoms with Gasteiger partial charge in [-0.3, -0.25) is 4.79 Å². The molecule has 132 valence electrons. The number of amides is 1. The van der Waals surface area contributed by atoms with Gasteiger partial charge in [-0.05, 0) is 37.1 Å².